The predicted molar refractivity (Wildman–Crippen MR) is 110 cm³/mol. The van der Waals surface area contributed by atoms with Crippen molar-refractivity contribution in [1.82, 2.24) is 15.5 Å². The molecule has 11 heteroatoms. The first-order valence-corrected chi connectivity index (χ1v) is 10.3. The fourth-order valence-electron chi connectivity index (χ4n) is 3.91. The number of amides is 4. The van der Waals surface area contributed by atoms with E-state index < -0.39 is 46.4 Å². The Balaban J connectivity index is 1.64. The molecular weight excluding hydrogens is 463 g/mol. The van der Waals surface area contributed by atoms with Crippen molar-refractivity contribution >= 4 is 35.2 Å². The van der Waals surface area contributed by atoms with Crippen molar-refractivity contribution in [3.8, 4) is 0 Å². The molecule has 2 aliphatic heterocycles. The summed E-state index contributed by atoms with van der Waals surface area (Å²) in [7, 11) is 0. The van der Waals surface area contributed by atoms with Gasteiger partial charge in [-0.3, -0.25) is 24.5 Å². The molecule has 0 aromatic heterocycles. The van der Waals surface area contributed by atoms with Gasteiger partial charge < -0.3 is 10.2 Å². The maximum absolute atomic E-state index is 14.0. The number of nitrogens with one attached hydrogen (secondary N) is 2. The van der Waals surface area contributed by atoms with Gasteiger partial charge in [-0.15, -0.1) is 0 Å². The first kappa shape index (κ1) is 22.8. The molecule has 2 unspecified atom stereocenters. The number of carbonyl (C=O) groups excluding carboxylic acids is 4. The molecule has 4 amide bonds. The largest absolute Gasteiger partial charge is 0.430 e. The van der Waals surface area contributed by atoms with Gasteiger partial charge in [0.15, 0.2) is 0 Å². The van der Waals surface area contributed by atoms with E-state index in [4.69, 9.17) is 11.6 Å². The number of carbonyl (C=O) groups is 4. The van der Waals surface area contributed by atoms with E-state index in [2.05, 4.69) is 5.32 Å². The Labute approximate surface area is 190 Å². The summed E-state index contributed by atoms with van der Waals surface area (Å²) in [6.07, 6.45) is -4.91. The molecule has 33 heavy (non-hydrogen) atoms. The average molecular weight is 480 g/mol. The van der Waals surface area contributed by atoms with Gasteiger partial charge >= 0.3 is 6.18 Å². The summed E-state index contributed by atoms with van der Waals surface area (Å²) in [5.41, 5.74) is -0.130. The number of fused-ring (bicyclic) bond motifs is 1. The maximum atomic E-state index is 14.0. The van der Waals surface area contributed by atoms with Crippen molar-refractivity contribution in [3.05, 3.63) is 70.8 Å². The predicted octanol–water partition coefficient (Wildman–Crippen LogP) is 2.83. The van der Waals surface area contributed by atoms with E-state index in [0.717, 1.165) is 12.1 Å². The molecule has 0 saturated carbocycles. The second-order valence-corrected chi connectivity index (χ2v) is 8.32. The van der Waals surface area contributed by atoms with Crippen molar-refractivity contribution in [2.75, 3.05) is 0 Å². The Morgan fingerprint density at radius 2 is 1.79 bits per heavy atom. The van der Waals surface area contributed by atoms with Crippen LogP contribution in [0.15, 0.2) is 48.5 Å². The second kappa shape index (κ2) is 8.18. The van der Waals surface area contributed by atoms with Crippen molar-refractivity contribution < 1.29 is 32.3 Å². The summed E-state index contributed by atoms with van der Waals surface area (Å²) >= 11 is 5.99. The highest BCUT2D eigenvalue weighted by Gasteiger charge is 2.56. The number of imide groups is 1. The van der Waals surface area contributed by atoms with Gasteiger partial charge in [0.25, 0.3) is 11.8 Å². The van der Waals surface area contributed by atoms with E-state index in [-0.39, 0.29) is 36.1 Å². The topological polar surface area (TPSA) is 95.6 Å². The highest BCUT2D eigenvalue weighted by molar-refractivity contribution is 6.26. The maximum Gasteiger partial charge on any atom is 0.430 e. The molecule has 2 N–H and O–H groups in total. The molecule has 1 fully saturated rings. The van der Waals surface area contributed by atoms with Crippen molar-refractivity contribution in [2.24, 2.45) is 0 Å². The minimum absolute atomic E-state index is 0.00727. The van der Waals surface area contributed by atoms with Gasteiger partial charge in [-0.05, 0) is 36.2 Å². The van der Waals surface area contributed by atoms with E-state index in [9.17, 15) is 32.3 Å². The number of nitrogens with zero attached hydrogens (tertiary/aromatic N) is 1. The van der Waals surface area contributed by atoms with E-state index in [1.807, 2.05) is 5.32 Å². The summed E-state index contributed by atoms with van der Waals surface area (Å²) < 4.78 is 42.1. The Hall–Kier alpha value is -3.40. The van der Waals surface area contributed by atoms with Crippen LogP contribution < -0.4 is 10.6 Å². The molecule has 0 bridgehead atoms. The summed E-state index contributed by atoms with van der Waals surface area (Å²) in [6, 6.07) is 9.72. The zero-order valence-electron chi connectivity index (χ0n) is 16.9. The lowest BCUT2D eigenvalue weighted by Crippen LogP contribution is -2.52. The van der Waals surface area contributed by atoms with Gasteiger partial charge in [-0.2, -0.15) is 13.2 Å². The molecular formula is C22H17ClF3N3O4. The van der Waals surface area contributed by atoms with Gasteiger partial charge in [-0.25, -0.2) is 0 Å². The van der Waals surface area contributed by atoms with Crippen LogP contribution >= 0.6 is 11.6 Å². The molecule has 4 rings (SSSR count). The van der Waals surface area contributed by atoms with Crippen LogP contribution in [0.3, 0.4) is 0 Å². The monoisotopic (exact) mass is 479 g/mol. The summed E-state index contributed by atoms with van der Waals surface area (Å²) in [5.74, 6) is -2.64. The molecule has 0 radical (unpaired) electrons. The van der Waals surface area contributed by atoms with Gasteiger partial charge in [0.1, 0.15) is 6.04 Å². The zero-order chi connectivity index (χ0) is 24.0. The van der Waals surface area contributed by atoms with E-state index in [1.165, 1.54) is 35.2 Å². The highest BCUT2D eigenvalue weighted by atomic mass is 35.5. The van der Waals surface area contributed by atoms with E-state index >= 15 is 0 Å². The fourth-order valence-corrected chi connectivity index (χ4v) is 4.12. The summed E-state index contributed by atoms with van der Waals surface area (Å²) in [4.78, 5) is 46.7. The minimum Gasteiger partial charge on any atom is -0.322 e. The number of hydrogen-bond donors (Lipinski definition) is 2. The van der Waals surface area contributed by atoms with Crippen LogP contribution in [0.2, 0.25) is 0 Å². The summed E-state index contributed by atoms with van der Waals surface area (Å²) in [6.45, 7) is -0.133. The lowest BCUT2D eigenvalue weighted by Gasteiger charge is -2.31. The van der Waals surface area contributed by atoms with Crippen molar-refractivity contribution in [2.45, 2.75) is 36.6 Å². The Morgan fingerprint density at radius 3 is 2.42 bits per heavy atom. The number of hydrogen-bond acceptors (Lipinski definition) is 4. The van der Waals surface area contributed by atoms with Gasteiger partial charge in [0, 0.05) is 29.7 Å². The molecule has 2 heterocycles. The molecule has 1 saturated heterocycles. The third kappa shape index (κ3) is 4.06. The molecule has 0 aliphatic carbocycles. The molecule has 7 nitrogen and oxygen atoms in total. The third-order valence-electron chi connectivity index (χ3n) is 5.63. The van der Waals surface area contributed by atoms with E-state index in [1.54, 1.807) is 6.07 Å². The normalized spacial score (nSPS) is 20.2. The van der Waals surface area contributed by atoms with Crippen LogP contribution in [0, 0.1) is 0 Å². The minimum atomic E-state index is -5.07. The lowest BCUT2D eigenvalue weighted by molar-refractivity contribution is -0.170. The molecule has 172 valence electrons. The van der Waals surface area contributed by atoms with Crippen LogP contribution in [0.25, 0.3) is 0 Å². The number of benzene rings is 2. The molecule has 2 aliphatic rings. The summed E-state index contributed by atoms with van der Waals surface area (Å²) in [5, 5.41) is 4.01. The van der Waals surface area contributed by atoms with Crippen molar-refractivity contribution in [1.29, 1.82) is 0 Å². The van der Waals surface area contributed by atoms with Crippen LogP contribution in [-0.2, 0) is 21.1 Å². The van der Waals surface area contributed by atoms with Gasteiger partial charge in [-0.1, -0.05) is 35.9 Å². The molecule has 0 spiro atoms. The quantitative estimate of drug-likeness (QED) is 0.400. The number of halogens is 4. The first-order chi connectivity index (χ1) is 15.5. The number of rotatable bonds is 4. The Bertz CT molecular complexity index is 1160. The zero-order valence-corrected chi connectivity index (χ0v) is 17.7. The van der Waals surface area contributed by atoms with Crippen molar-refractivity contribution in [3.63, 3.8) is 0 Å². The number of piperidine rings is 1. The van der Waals surface area contributed by atoms with E-state index in [0.29, 0.717) is 0 Å². The first-order valence-electron chi connectivity index (χ1n) is 9.92. The van der Waals surface area contributed by atoms with Crippen LogP contribution in [-0.4, -0.2) is 40.7 Å². The van der Waals surface area contributed by atoms with Crippen LogP contribution in [0.1, 0.15) is 44.7 Å². The Kier molecular flexibility index (Phi) is 5.65. The second-order valence-electron chi connectivity index (χ2n) is 7.75. The SMILES string of the molecule is O=C1CCC(N2Cc3cc(C(Cl)(NC(=O)c4ccccc4)C(F)(F)F)ccc3C2=O)C(=O)N1. The fraction of sp³-hybridized carbons (Fsp3) is 0.273. The van der Waals surface area contributed by atoms with Gasteiger partial charge in [0.2, 0.25) is 16.8 Å². The molecule has 2 atom stereocenters. The van der Waals surface area contributed by atoms with Crippen LogP contribution in [0.4, 0.5) is 13.2 Å². The average Bonchev–Trinajstić information content (AvgIpc) is 3.09. The molecule has 2 aromatic carbocycles. The standard InChI is InChI=1S/C22H17ClF3N3O4/c23-21(22(24,25)26,28-18(31)12-4-2-1-3-5-12)14-6-7-15-13(10-14)11-29(20(15)33)16-8-9-17(30)27-19(16)32/h1-7,10,16H,8-9,11H2,(H,28,31)(H,27,30,32). The van der Waals surface area contributed by atoms with Gasteiger partial charge in [0.05, 0.1) is 0 Å². The smallest absolute Gasteiger partial charge is 0.322 e. The third-order valence-corrected chi connectivity index (χ3v) is 6.16. The number of alkyl halides is 4. The highest BCUT2D eigenvalue weighted by Crippen LogP contribution is 2.44. The molecule has 2 aromatic rings. The lowest BCUT2D eigenvalue weighted by atomic mass is 9.99. The van der Waals surface area contributed by atoms with Crippen LogP contribution in [0.5, 0.6) is 0 Å². The Morgan fingerprint density at radius 1 is 1.09 bits per heavy atom.